The van der Waals surface area contributed by atoms with Gasteiger partial charge in [-0.15, -0.1) is 0 Å². The van der Waals surface area contributed by atoms with Crippen molar-refractivity contribution in [3.8, 4) is 34.3 Å². The van der Waals surface area contributed by atoms with E-state index in [1.54, 1.807) is 4.90 Å². The third-order valence-electron chi connectivity index (χ3n) is 12.5. The zero-order valence-corrected chi connectivity index (χ0v) is 39.7. The van der Waals surface area contributed by atoms with Crippen LogP contribution in [0.25, 0.3) is 66.4 Å². The topological polar surface area (TPSA) is 216 Å². The minimum absolute atomic E-state index is 0.252. The number of nitrogen functional groups attached to an aromatic ring is 2. The highest BCUT2D eigenvalue weighted by molar-refractivity contribution is 6.01. The summed E-state index contributed by atoms with van der Waals surface area (Å²) in [5, 5.41) is 13.5. The lowest BCUT2D eigenvalue weighted by Gasteiger charge is -2.33. The van der Waals surface area contributed by atoms with Gasteiger partial charge in [-0.25, -0.2) is 44.1 Å². The summed E-state index contributed by atoms with van der Waals surface area (Å²) in [6, 6.07) is 19.9. The molecule has 2 fully saturated rings. The van der Waals surface area contributed by atoms with Crippen LogP contribution in [-0.4, -0.2) is 117 Å². The first-order valence-electron chi connectivity index (χ1n) is 23.5. The van der Waals surface area contributed by atoms with E-state index in [0.29, 0.717) is 73.7 Å². The number of fused-ring (bicyclic) bond motifs is 4. The fourth-order valence-electron chi connectivity index (χ4n) is 9.04. The maximum atomic E-state index is 12.4. The van der Waals surface area contributed by atoms with E-state index in [9.17, 15) is 4.79 Å². The van der Waals surface area contributed by atoms with E-state index < -0.39 is 5.60 Å². The van der Waals surface area contributed by atoms with E-state index >= 15 is 0 Å². The minimum Gasteiger partial charge on any atom is -0.478 e. The van der Waals surface area contributed by atoms with Crippen molar-refractivity contribution >= 4 is 61.6 Å². The van der Waals surface area contributed by atoms with Crippen LogP contribution in [0.15, 0.2) is 73.3 Å². The molecule has 354 valence electrons. The first kappa shape index (κ1) is 45.9. The minimum atomic E-state index is -0.498. The van der Waals surface area contributed by atoms with Gasteiger partial charge in [0.1, 0.15) is 41.3 Å². The van der Waals surface area contributed by atoms with Crippen LogP contribution in [0.4, 0.5) is 16.4 Å². The Bertz CT molecular complexity index is 3070. The Hall–Kier alpha value is -7.21. The number of pyridine rings is 2. The van der Waals surface area contributed by atoms with Crippen LogP contribution in [0, 0.1) is 11.8 Å². The molecule has 0 aliphatic carbocycles. The quantitative estimate of drug-likeness (QED) is 0.133. The van der Waals surface area contributed by atoms with E-state index in [4.69, 9.17) is 35.9 Å². The number of piperidine rings is 2. The average Bonchev–Trinajstić information content (AvgIpc) is 3.89. The molecule has 2 aliphatic rings. The van der Waals surface area contributed by atoms with Gasteiger partial charge in [0.05, 0.1) is 35.0 Å². The van der Waals surface area contributed by atoms with Crippen LogP contribution in [0.3, 0.4) is 0 Å². The van der Waals surface area contributed by atoms with Crippen molar-refractivity contribution < 1.29 is 19.0 Å². The Kier molecular flexibility index (Phi) is 13.2. The SMILES string of the molecule is CCOc1ccc2cc(-c3nn(CC4CCN(C(=O)OC(C)(C)C)CC4)c4ncnc(N)c34)ccc2n1.CCOc1ccc2cc(-c3nn(CC4CCN(C)CC4)c4ncnc(N)c34)ccc2n1. The number of carbonyl (C=O) groups is 1. The predicted octanol–water partition coefficient (Wildman–Crippen LogP) is 8.03. The normalized spacial score (nSPS) is 15.2. The van der Waals surface area contributed by atoms with Crippen molar-refractivity contribution in [2.45, 2.75) is 79.0 Å². The second-order valence-corrected chi connectivity index (χ2v) is 18.6. The van der Waals surface area contributed by atoms with E-state index in [0.717, 1.165) is 106 Å². The van der Waals surface area contributed by atoms with E-state index in [1.807, 2.05) is 92.5 Å². The van der Waals surface area contributed by atoms with E-state index in [2.05, 4.69) is 54.0 Å². The summed E-state index contributed by atoms with van der Waals surface area (Å²) in [5.41, 5.74) is 18.8. The highest BCUT2D eigenvalue weighted by Gasteiger charge is 2.29. The largest absolute Gasteiger partial charge is 0.478 e. The first-order valence-corrected chi connectivity index (χ1v) is 23.5. The molecule has 1 amide bonds. The van der Waals surface area contributed by atoms with Gasteiger partial charge in [-0.1, -0.05) is 12.1 Å². The van der Waals surface area contributed by atoms with Gasteiger partial charge in [-0.3, -0.25) is 0 Å². The van der Waals surface area contributed by atoms with Gasteiger partial charge in [-0.2, -0.15) is 10.2 Å². The molecule has 8 heterocycles. The molecule has 18 nitrogen and oxygen atoms in total. The maximum absolute atomic E-state index is 12.4. The van der Waals surface area contributed by atoms with Crippen LogP contribution in [-0.2, 0) is 17.8 Å². The molecular weight excluding hydrogens is 861 g/mol. The van der Waals surface area contributed by atoms with Gasteiger partial charge in [0, 0.05) is 60.2 Å². The van der Waals surface area contributed by atoms with Crippen molar-refractivity contribution in [2.24, 2.45) is 11.8 Å². The Balaban J connectivity index is 0.000000172. The molecule has 0 radical (unpaired) electrons. The second-order valence-electron chi connectivity index (χ2n) is 18.6. The number of carbonyl (C=O) groups excluding carboxylic acids is 1. The van der Waals surface area contributed by atoms with Crippen LogP contribution >= 0.6 is 0 Å². The second kappa shape index (κ2) is 19.6. The van der Waals surface area contributed by atoms with Crippen LogP contribution in [0.5, 0.6) is 11.8 Å². The number of amides is 1. The standard InChI is InChI=1S/C27H33N7O3.C23H27N7O/c1-5-36-21-9-7-18-14-19(6-8-20(18)31-21)23-22-24(28)29-16-30-25(22)34(32-23)15-17-10-12-33(13-11-17)26(35)37-27(2,3)4;1-3-31-19-7-5-16-12-17(4-6-18(16)27-19)21-20-22(24)25-14-26-23(20)30(28-21)13-15-8-10-29(2)11-9-15/h6-9,14,16-17H,5,10-13,15H2,1-4H3,(H2,28,29,30);4-7,12,14-15H,3,8-11,13H2,1-2H3,(H2,24,25,26). The maximum Gasteiger partial charge on any atom is 0.410 e. The van der Waals surface area contributed by atoms with Crippen LogP contribution in [0.2, 0.25) is 0 Å². The summed E-state index contributed by atoms with van der Waals surface area (Å²) in [5.74, 6) is 3.03. The molecule has 2 aromatic carbocycles. The molecule has 4 N–H and O–H groups in total. The van der Waals surface area contributed by atoms with Gasteiger partial charge < -0.3 is 35.5 Å². The van der Waals surface area contributed by atoms with Crippen LogP contribution in [0.1, 0.15) is 60.3 Å². The highest BCUT2D eigenvalue weighted by Crippen LogP contribution is 2.35. The lowest BCUT2D eigenvalue weighted by molar-refractivity contribution is 0.0177. The summed E-state index contributed by atoms with van der Waals surface area (Å²) in [4.78, 5) is 43.3. The summed E-state index contributed by atoms with van der Waals surface area (Å²) >= 11 is 0. The van der Waals surface area contributed by atoms with E-state index in [1.165, 1.54) is 12.7 Å². The molecule has 2 aliphatic heterocycles. The van der Waals surface area contributed by atoms with Crippen molar-refractivity contribution in [2.75, 3.05) is 57.9 Å². The van der Waals surface area contributed by atoms with Crippen molar-refractivity contribution in [1.29, 1.82) is 0 Å². The van der Waals surface area contributed by atoms with Crippen LogP contribution < -0.4 is 20.9 Å². The van der Waals surface area contributed by atoms with Crippen molar-refractivity contribution in [3.63, 3.8) is 0 Å². The summed E-state index contributed by atoms with van der Waals surface area (Å²) in [6.07, 6.45) is 6.80. The predicted molar refractivity (Wildman–Crippen MR) is 264 cm³/mol. The monoisotopic (exact) mass is 920 g/mol. The zero-order chi connectivity index (χ0) is 47.5. The number of aromatic nitrogens is 10. The Morgan fingerprint density at radius 1 is 0.647 bits per heavy atom. The molecule has 0 spiro atoms. The number of likely N-dealkylation sites (tertiary alicyclic amines) is 2. The molecule has 0 atom stereocenters. The third-order valence-corrected chi connectivity index (χ3v) is 12.5. The molecule has 2 saturated heterocycles. The Morgan fingerprint density at radius 3 is 1.54 bits per heavy atom. The highest BCUT2D eigenvalue weighted by atomic mass is 16.6. The fourth-order valence-corrected chi connectivity index (χ4v) is 9.04. The number of anilines is 2. The van der Waals surface area contributed by atoms with Crippen molar-refractivity contribution in [1.82, 2.24) is 59.3 Å². The number of nitrogens with zero attached hydrogens (tertiary/aromatic N) is 12. The summed E-state index contributed by atoms with van der Waals surface area (Å²) < 4.78 is 20.5. The summed E-state index contributed by atoms with van der Waals surface area (Å²) in [7, 11) is 2.18. The number of nitrogens with two attached hydrogens (primary N) is 2. The smallest absolute Gasteiger partial charge is 0.410 e. The Labute approximate surface area is 395 Å². The number of hydrogen-bond acceptors (Lipinski definition) is 15. The lowest BCUT2D eigenvalue weighted by atomic mass is 9.97. The molecule has 8 aromatic rings. The molecule has 18 heteroatoms. The number of benzene rings is 2. The molecule has 0 saturated carbocycles. The molecule has 0 bridgehead atoms. The van der Waals surface area contributed by atoms with Gasteiger partial charge >= 0.3 is 6.09 Å². The molecule has 10 rings (SSSR count). The third kappa shape index (κ3) is 10.0. The van der Waals surface area contributed by atoms with Crippen molar-refractivity contribution in [3.05, 3.63) is 73.3 Å². The fraction of sp³-hybridized carbons (Fsp3) is 0.420. The molecular formula is C50H60N14O4. The van der Waals surface area contributed by atoms with E-state index in [-0.39, 0.29) is 6.09 Å². The Morgan fingerprint density at radius 2 is 1.10 bits per heavy atom. The molecule has 68 heavy (non-hydrogen) atoms. The van der Waals surface area contributed by atoms with Gasteiger partial charge in [0.25, 0.3) is 0 Å². The number of ether oxygens (including phenoxy) is 3. The van der Waals surface area contributed by atoms with Gasteiger partial charge in [0.2, 0.25) is 11.8 Å². The van der Waals surface area contributed by atoms with Gasteiger partial charge in [0.15, 0.2) is 11.3 Å². The lowest BCUT2D eigenvalue weighted by Crippen LogP contribution is -2.42. The number of rotatable bonds is 10. The zero-order valence-electron chi connectivity index (χ0n) is 39.7. The van der Waals surface area contributed by atoms with Gasteiger partial charge in [-0.05, 0) is 129 Å². The first-order chi connectivity index (χ1) is 32.8. The average molecular weight is 921 g/mol. The summed E-state index contributed by atoms with van der Waals surface area (Å²) in [6.45, 7) is 15.8. The number of hydrogen-bond donors (Lipinski definition) is 2. The molecule has 6 aromatic heterocycles. The molecule has 0 unspecified atom stereocenters.